The molecule has 0 amide bonds. The maximum atomic E-state index is 5.90. The van der Waals surface area contributed by atoms with E-state index in [1.807, 2.05) is 24.3 Å². The van der Waals surface area contributed by atoms with Crippen molar-refractivity contribution < 1.29 is 4.74 Å². The molecule has 7 heteroatoms. The average molecular weight is 258 g/mol. The van der Waals surface area contributed by atoms with Crippen molar-refractivity contribution in [2.24, 2.45) is 10.7 Å². The Kier molecular flexibility index (Phi) is 2.52. The van der Waals surface area contributed by atoms with Crippen LogP contribution in [0.25, 0.3) is 0 Å². The Labute approximate surface area is 109 Å². The molecule has 98 valence electrons. The standard InChI is InChI=1S/C12H14N6O/c1-19-7-4-2-6(3-5-7)9-8-10(13)17-18-11(8)16-12(14)15-9/h2-5,9H,1H3,(H6,13,14,15,16,17,18). The normalized spacial score (nSPS) is 17.3. The number of hydrogen-bond acceptors (Lipinski definition) is 6. The van der Waals surface area contributed by atoms with Crippen LogP contribution in [0.5, 0.6) is 5.75 Å². The molecule has 19 heavy (non-hydrogen) atoms. The van der Waals surface area contributed by atoms with Crippen molar-refractivity contribution >= 4 is 17.6 Å². The number of ether oxygens (including phenoxy) is 1. The van der Waals surface area contributed by atoms with Gasteiger partial charge in [-0.05, 0) is 17.7 Å². The van der Waals surface area contributed by atoms with Gasteiger partial charge in [-0.25, -0.2) is 4.99 Å². The zero-order valence-electron chi connectivity index (χ0n) is 10.3. The number of nitrogen functional groups attached to an aromatic ring is 1. The Hall–Kier alpha value is -2.70. The van der Waals surface area contributed by atoms with Gasteiger partial charge in [0.15, 0.2) is 11.8 Å². The van der Waals surface area contributed by atoms with Crippen LogP contribution in [-0.2, 0) is 0 Å². The summed E-state index contributed by atoms with van der Waals surface area (Å²) in [7, 11) is 1.63. The van der Waals surface area contributed by atoms with Gasteiger partial charge in [0.05, 0.1) is 12.7 Å². The predicted molar refractivity (Wildman–Crippen MR) is 73.1 cm³/mol. The molecule has 0 fully saturated rings. The summed E-state index contributed by atoms with van der Waals surface area (Å²) in [5.41, 5.74) is 13.4. The molecule has 0 spiro atoms. The maximum Gasteiger partial charge on any atom is 0.195 e. The number of hydrogen-bond donors (Lipinski definition) is 4. The summed E-state index contributed by atoms with van der Waals surface area (Å²) in [6.45, 7) is 0. The molecule has 1 aromatic carbocycles. The highest BCUT2D eigenvalue weighted by Gasteiger charge is 2.27. The van der Waals surface area contributed by atoms with Gasteiger partial charge in [-0.3, -0.25) is 5.10 Å². The molecule has 3 rings (SSSR count). The molecule has 0 radical (unpaired) electrons. The van der Waals surface area contributed by atoms with Crippen LogP contribution in [0.2, 0.25) is 0 Å². The van der Waals surface area contributed by atoms with E-state index in [-0.39, 0.29) is 6.04 Å². The summed E-state index contributed by atoms with van der Waals surface area (Å²) in [6, 6.07) is 7.35. The van der Waals surface area contributed by atoms with Gasteiger partial charge in [0, 0.05) is 0 Å². The largest absolute Gasteiger partial charge is 0.497 e. The molecular weight excluding hydrogens is 244 g/mol. The van der Waals surface area contributed by atoms with Gasteiger partial charge in [0.25, 0.3) is 0 Å². The second-order valence-corrected chi connectivity index (χ2v) is 4.21. The molecule has 2 heterocycles. The van der Waals surface area contributed by atoms with E-state index < -0.39 is 0 Å². The predicted octanol–water partition coefficient (Wildman–Crippen LogP) is 0.830. The summed E-state index contributed by atoms with van der Waals surface area (Å²) in [6.07, 6.45) is 0. The number of benzene rings is 1. The van der Waals surface area contributed by atoms with Crippen LogP contribution in [0.15, 0.2) is 29.3 Å². The van der Waals surface area contributed by atoms with E-state index >= 15 is 0 Å². The number of fused-ring (bicyclic) bond motifs is 1. The highest BCUT2D eigenvalue weighted by molar-refractivity contribution is 5.95. The van der Waals surface area contributed by atoms with E-state index in [0.29, 0.717) is 17.6 Å². The van der Waals surface area contributed by atoms with Crippen LogP contribution in [0.4, 0.5) is 11.6 Å². The lowest BCUT2D eigenvalue weighted by atomic mass is 9.99. The number of H-pyrrole nitrogens is 1. The quantitative estimate of drug-likeness (QED) is 0.637. The smallest absolute Gasteiger partial charge is 0.195 e. The van der Waals surface area contributed by atoms with Crippen LogP contribution in [0, 0.1) is 0 Å². The van der Waals surface area contributed by atoms with E-state index in [2.05, 4.69) is 20.5 Å². The summed E-state index contributed by atoms with van der Waals surface area (Å²) in [4.78, 5) is 4.38. The summed E-state index contributed by atoms with van der Waals surface area (Å²) in [5, 5.41) is 9.69. The molecule has 1 aromatic heterocycles. The average Bonchev–Trinajstić information content (AvgIpc) is 2.79. The van der Waals surface area contributed by atoms with Crippen molar-refractivity contribution in [1.29, 1.82) is 0 Å². The number of guanidine groups is 1. The van der Waals surface area contributed by atoms with Gasteiger partial charge in [-0.2, -0.15) is 5.10 Å². The van der Waals surface area contributed by atoms with E-state index in [0.717, 1.165) is 16.9 Å². The Morgan fingerprint density at radius 1 is 1.21 bits per heavy atom. The Morgan fingerprint density at radius 2 is 1.95 bits per heavy atom. The highest BCUT2D eigenvalue weighted by atomic mass is 16.5. The lowest BCUT2D eigenvalue weighted by molar-refractivity contribution is 0.414. The molecule has 6 N–H and O–H groups in total. The van der Waals surface area contributed by atoms with Crippen molar-refractivity contribution in [2.45, 2.75) is 6.04 Å². The van der Waals surface area contributed by atoms with Crippen LogP contribution >= 0.6 is 0 Å². The van der Waals surface area contributed by atoms with E-state index in [1.54, 1.807) is 7.11 Å². The van der Waals surface area contributed by atoms with Crippen LogP contribution in [-0.4, -0.2) is 23.3 Å². The van der Waals surface area contributed by atoms with Gasteiger partial charge >= 0.3 is 0 Å². The van der Waals surface area contributed by atoms with Crippen molar-refractivity contribution in [3.63, 3.8) is 0 Å². The first-order chi connectivity index (χ1) is 9.19. The third-order valence-electron chi connectivity index (χ3n) is 3.05. The maximum absolute atomic E-state index is 5.90. The van der Waals surface area contributed by atoms with Crippen molar-refractivity contribution in [3.05, 3.63) is 35.4 Å². The second kappa shape index (κ2) is 4.20. The fourth-order valence-electron chi connectivity index (χ4n) is 2.12. The minimum absolute atomic E-state index is 0.263. The zero-order chi connectivity index (χ0) is 13.4. The third kappa shape index (κ3) is 1.85. The number of rotatable bonds is 2. The number of anilines is 2. The second-order valence-electron chi connectivity index (χ2n) is 4.21. The molecule has 0 bridgehead atoms. The van der Waals surface area contributed by atoms with Gasteiger partial charge in [-0.1, -0.05) is 12.1 Å². The molecule has 0 saturated carbocycles. The van der Waals surface area contributed by atoms with E-state index in [4.69, 9.17) is 16.2 Å². The first kappa shape index (κ1) is 11.4. The fourth-order valence-corrected chi connectivity index (χ4v) is 2.12. The molecule has 1 atom stereocenters. The number of methoxy groups -OCH3 is 1. The first-order valence-electron chi connectivity index (χ1n) is 5.77. The van der Waals surface area contributed by atoms with Gasteiger partial charge in [-0.15, -0.1) is 0 Å². The molecule has 0 saturated heterocycles. The molecule has 7 nitrogen and oxygen atoms in total. The van der Waals surface area contributed by atoms with Crippen molar-refractivity contribution in [3.8, 4) is 5.75 Å². The fraction of sp³-hybridized carbons (Fsp3) is 0.167. The lowest BCUT2D eigenvalue weighted by Crippen LogP contribution is -2.28. The number of nitrogens with one attached hydrogen (secondary N) is 2. The molecule has 1 aliphatic heterocycles. The Morgan fingerprint density at radius 3 is 2.63 bits per heavy atom. The minimum Gasteiger partial charge on any atom is -0.497 e. The molecule has 1 aliphatic rings. The van der Waals surface area contributed by atoms with Gasteiger partial charge < -0.3 is 21.5 Å². The van der Waals surface area contributed by atoms with E-state index in [1.165, 1.54) is 0 Å². The molecule has 2 aromatic rings. The zero-order valence-corrected chi connectivity index (χ0v) is 10.3. The number of aromatic nitrogens is 2. The van der Waals surface area contributed by atoms with Crippen LogP contribution < -0.4 is 21.5 Å². The SMILES string of the molecule is COc1ccc(C2N=C(N)Nc3n[nH]c(N)c32)cc1. The van der Waals surface area contributed by atoms with Crippen LogP contribution in [0.3, 0.4) is 0 Å². The van der Waals surface area contributed by atoms with Crippen molar-refractivity contribution in [2.75, 3.05) is 18.2 Å². The lowest BCUT2D eigenvalue weighted by Gasteiger charge is -2.20. The minimum atomic E-state index is -0.263. The first-order valence-corrected chi connectivity index (χ1v) is 5.77. The number of aliphatic imine (C=N–C) groups is 1. The van der Waals surface area contributed by atoms with E-state index in [9.17, 15) is 0 Å². The highest BCUT2D eigenvalue weighted by Crippen LogP contribution is 2.37. The van der Waals surface area contributed by atoms with Gasteiger partial charge in [0.2, 0.25) is 0 Å². The monoisotopic (exact) mass is 258 g/mol. The summed E-state index contributed by atoms with van der Waals surface area (Å²) in [5.74, 6) is 2.21. The number of nitrogens with two attached hydrogens (primary N) is 2. The molecular formula is C12H14N6O. The molecule has 1 unspecified atom stereocenters. The summed E-state index contributed by atoms with van der Waals surface area (Å²) >= 11 is 0. The Bertz CT molecular complexity index is 630. The Balaban J connectivity index is 2.06. The topological polar surface area (TPSA) is 114 Å². The third-order valence-corrected chi connectivity index (χ3v) is 3.05. The molecule has 0 aliphatic carbocycles. The number of nitrogens with zero attached hydrogens (tertiary/aromatic N) is 2. The summed E-state index contributed by atoms with van der Waals surface area (Å²) < 4.78 is 5.14. The van der Waals surface area contributed by atoms with Crippen molar-refractivity contribution in [1.82, 2.24) is 10.2 Å². The van der Waals surface area contributed by atoms with Crippen LogP contribution in [0.1, 0.15) is 17.2 Å². The van der Waals surface area contributed by atoms with Gasteiger partial charge in [0.1, 0.15) is 17.6 Å². The number of aromatic amines is 1.